The average molecular weight is 276 g/mol. The van der Waals surface area contributed by atoms with Crippen LogP contribution < -0.4 is 4.74 Å². The molecule has 0 saturated carbocycles. The van der Waals surface area contributed by atoms with Gasteiger partial charge in [0.15, 0.2) is 11.6 Å². The molecule has 1 aliphatic rings. The molecule has 0 radical (unpaired) electrons. The molecule has 0 unspecified atom stereocenters. The lowest BCUT2D eigenvalue weighted by molar-refractivity contribution is 0.203. The Balaban J connectivity index is 1.50. The molecule has 0 spiro atoms. The molecule has 1 aromatic carbocycles. The van der Waals surface area contributed by atoms with Crippen LogP contribution in [0.2, 0.25) is 0 Å². The Hall–Kier alpha value is -1.55. The van der Waals surface area contributed by atoms with Crippen LogP contribution in [-0.2, 0) is 0 Å². The molecular formula is C16H21FN2O. The molecule has 3 nitrogen and oxygen atoms in total. The van der Waals surface area contributed by atoms with Crippen LogP contribution in [0, 0.1) is 5.82 Å². The maximum Gasteiger partial charge on any atom is 0.165 e. The first-order chi connectivity index (χ1) is 9.83. The third kappa shape index (κ3) is 3.12. The van der Waals surface area contributed by atoms with Crippen molar-refractivity contribution >= 4 is 10.9 Å². The SMILES string of the molecule is Fc1cc2cc[nH]c2cc1OCCCN1CCCCC1. The van der Waals surface area contributed by atoms with Gasteiger partial charge in [-0.1, -0.05) is 6.42 Å². The van der Waals surface area contributed by atoms with E-state index in [1.165, 1.54) is 38.4 Å². The molecule has 2 heterocycles. The van der Waals surface area contributed by atoms with Crippen molar-refractivity contribution in [1.82, 2.24) is 9.88 Å². The zero-order valence-corrected chi connectivity index (χ0v) is 11.7. The normalized spacial score (nSPS) is 16.6. The summed E-state index contributed by atoms with van der Waals surface area (Å²) in [6.07, 6.45) is 6.72. The topological polar surface area (TPSA) is 28.3 Å². The van der Waals surface area contributed by atoms with Crippen molar-refractivity contribution in [2.45, 2.75) is 25.7 Å². The molecule has 2 aromatic rings. The van der Waals surface area contributed by atoms with Gasteiger partial charge in [-0.3, -0.25) is 0 Å². The van der Waals surface area contributed by atoms with Crippen LogP contribution in [0.5, 0.6) is 5.75 Å². The highest BCUT2D eigenvalue weighted by atomic mass is 19.1. The fourth-order valence-corrected chi connectivity index (χ4v) is 2.82. The molecule has 1 aromatic heterocycles. The summed E-state index contributed by atoms with van der Waals surface area (Å²) in [4.78, 5) is 5.54. The van der Waals surface area contributed by atoms with E-state index >= 15 is 0 Å². The second-order valence-electron chi connectivity index (χ2n) is 5.45. The first kappa shape index (κ1) is 13.4. The molecule has 0 atom stereocenters. The Kier molecular flexibility index (Phi) is 4.21. The van der Waals surface area contributed by atoms with Gasteiger partial charge in [-0.2, -0.15) is 0 Å². The predicted octanol–water partition coefficient (Wildman–Crippen LogP) is 3.56. The van der Waals surface area contributed by atoms with Gasteiger partial charge in [-0.05, 0) is 44.5 Å². The standard InChI is InChI=1S/C16H21FN2O/c17-14-11-13-5-6-18-15(13)12-16(14)20-10-4-9-19-7-2-1-3-8-19/h5-6,11-12,18H,1-4,7-10H2. The van der Waals surface area contributed by atoms with Crippen molar-refractivity contribution in [1.29, 1.82) is 0 Å². The number of likely N-dealkylation sites (tertiary alicyclic amines) is 1. The van der Waals surface area contributed by atoms with Gasteiger partial charge in [-0.25, -0.2) is 4.39 Å². The molecule has 20 heavy (non-hydrogen) atoms. The van der Waals surface area contributed by atoms with Gasteiger partial charge in [0.05, 0.1) is 6.61 Å². The van der Waals surface area contributed by atoms with Gasteiger partial charge in [-0.15, -0.1) is 0 Å². The van der Waals surface area contributed by atoms with Gasteiger partial charge >= 0.3 is 0 Å². The second kappa shape index (κ2) is 6.27. The first-order valence-electron chi connectivity index (χ1n) is 7.45. The van der Waals surface area contributed by atoms with Gasteiger partial charge in [0, 0.05) is 29.7 Å². The van der Waals surface area contributed by atoms with Gasteiger partial charge < -0.3 is 14.6 Å². The largest absolute Gasteiger partial charge is 0.490 e. The number of aromatic nitrogens is 1. The van der Waals surface area contributed by atoms with Crippen LogP contribution in [0.25, 0.3) is 10.9 Å². The Morgan fingerprint density at radius 2 is 2.05 bits per heavy atom. The molecule has 0 aliphatic carbocycles. The van der Waals surface area contributed by atoms with Gasteiger partial charge in [0.2, 0.25) is 0 Å². The number of H-pyrrole nitrogens is 1. The van der Waals surface area contributed by atoms with Crippen LogP contribution >= 0.6 is 0 Å². The van der Waals surface area contributed by atoms with Gasteiger partial charge in [0.1, 0.15) is 0 Å². The summed E-state index contributed by atoms with van der Waals surface area (Å²) in [5.41, 5.74) is 0.914. The fourth-order valence-electron chi connectivity index (χ4n) is 2.82. The highest BCUT2D eigenvalue weighted by molar-refractivity contribution is 5.80. The van der Waals surface area contributed by atoms with E-state index in [1.807, 2.05) is 12.3 Å². The minimum absolute atomic E-state index is 0.282. The number of halogens is 1. The van der Waals surface area contributed by atoms with Crippen molar-refractivity contribution in [3.8, 4) is 5.75 Å². The summed E-state index contributed by atoms with van der Waals surface area (Å²) in [6, 6.07) is 5.12. The van der Waals surface area contributed by atoms with E-state index in [4.69, 9.17) is 4.74 Å². The number of fused-ring (bicyclic) bond motifs is 1. The lowest BCUT2D eigenvalue weighted by Crippen LogP contribution is -2.31. The van der Waals surface area contributed by atoms with E-state index in [-0.39, 0.29) is 5.82 Å². The van der Waals surface area contributed by atoms with Crippen LogP contribution in [0.15, 0.2) is 24.4 Å². The number of piperidine rings is 1. The zero-order valence-electron chi connectivity index (χ0n) is 11.7. The van der Waals surface area contributed by atoms with Crippen molar-refractivity contribution < 1.29 is 9.13 Å². The van der Waals surface area contributed by atoms with E-state index in [0.29, 0.717) is 12.4 Å². The van der Waals surface area contributed by atoms with Crippen LogP contribution in [-0.4, -0.2) is 36.1 Å². The molecule has 1 N–H and O–H groups in total. The molecule has 1 aliphatic heterocycles. The molecule has 3 rings (SSSR count). The lowest BCUT2D eigenvalue weighted by Gasteiger charge is -2.26. The Bertz CT molecular complexity index is 561. The molecule has 108 valence electrons. The highest BCUT2D eigenvalue weighted by Crippen LogP contribution is 2.24. The zero-order chi connectivity index (χ0) is 13.8. The Labute approximate surface area is 118 Å². The van der Waals surface area contributed by atoms with E-state index in [1.54, 1.807) is 6.07 Å². The lowest BCUT2D eigenvalue weighted by atomic mass is 10.1. The first-order valence-corrected chi connectivity index (χ1v) is 7.45. The van der Waals surface area contributed by atoms with Crippen LogP contribution in [0.3, 0.4) is 0 Å². The second-order valence-corrected chi connectivity index (χ2v) is 5.45. The molecular weight excluding hydrogens is 255 g/mol. The molecule has 0 bridgehead atoms. The van der Waals surface area contributed by atoms with Crippen LogP contribution in [0.4, 0.5) is 4.39 Å². The van der Waals surface area contributed by atoms with Crippen LogP contribution in [0.1, 0.15) is 25.7 Å². The third-order valence-corrected chi connectivity index (χ3v) is 3.93. The molecule has 0 amide bonds. The highest BCUT2D eigenvalue weighted by Gasteiger charge is 2.10. The fraction of sp³-hybridized carbons (Fsp3) is 0.500. The molecule has 1 saturated heterocycles. The Morgan fingerprint density at radius 1 is 1.20 bits per heavy atom. The van der Waals surface area contributed by atoms with E-state index < -0.39 is 0 Å². The van der Waals surface area contributed by atoms with Crippen molar-refractivity contribution in [2.75, 3.05) is 26.2 Å². The quantitative estimate of drug-likeness (QED) is 0.846. The number of hydrogen-bond acceptors (Lipinski definition) is 2. The number of hydrogen-bond donors (Lipinski definition) is 1. The predicted molar refractivity (Wildman–Crippen MR) is 78.7 cm³/mol. The van der Waals surface area contributed by atoms with Crippen molar-refractivity contribution in [2.24, 2.45) is 0 Å². The number of ether oxygens (including phenoxy) is 1. The smallest absolute Gasteiger partial charge is 0.165 e. The number of nitrogens with zero attached hydrogens (tertiary/aromatic N) is 1. The van der Waals surface area contributed by atoms with Crippen molar-refractivity contribution in [3.05, 3.63) is 30.2 Å². The van der Waals surface area contributed by atoms with E-state index in [0.717, 1.165) is 23.9 Å². The average Bonchev–Trinajstić information content (AvgIpc) is 2.91. The summed E-state index contributed by atoms with van der Waals surface area (Å²) in [5.74, 6) is 0.0636. The number of benzene rings is 1. The summed E-state index contributed by atoms with van der Waals surface area (Å²) < 4.78 is 19.4. The number of aromatic amines is 1. The summed E-state index contributed by atoms with van der Waals surface area (Å²) in [7, 11) is 0. The summed E-state index contributed by atoms with van der Waals surface area (Å²) in [5, 5.41) is 0.878. The monoisotopic (exact) mass is 276 g/mol. The minimum Gasteiger partial charge on any atom is -0.490 e. The van der Waals surface area contributed by atoms with Gasteiger partial charge in [0.25, 0.3) is 0 Å². The van der Waals surface area contributed by atoms with E-state index in [9.17, 15) is 4.39 Å². The Morgan fingerprint density at radius 3 is 2.90 bits per heavy atom. The van der Waals surface area contributed by atoms with E-state index in [2.05, 4.69) is 9.88 Å². The molecule has 4 heteroatoms. The van der Waals surface area contributed by atoms with Crippen molar-refractivity contribution in [3.63, 3.8) is 0 Å². The number of rotatable bonds is 5. The third-order valence-electron chi connectivity index (χ3n) is 3.93. The summed E-state index contributed by atoms with van der Waals surface area (Å²) >= 11 is 0. The summed E-state index contributed by atoms with van der Waals surface area (Å²) in [6.45, 7) is 4.01. The minimum atomic E-state index is -0.282. The number of nitrogens with one attached hydrogen (secondary N) is 1. The molecule has 1 fully saturated rings. The maximum atomic E-state index is 13.8. The maximum absolute atomic E-state index is 13.8.